The van der Waals surface area contributed by atoms with Gasteiger partial charge in [-0.05, 0) is 43.5 Å². The van der Waals surface area contributed by atoms with Crippen molar-refractivity contribution < 1.29 is 0 Å². The highest BCUT2D eigenvalue weighted by Crippen LogP contribution is 2.34. The molecule has 0 N–H and O–H groups in total. The van der Waals surface area contributed by atoms with Crippen molar-refractivity contribution in [1.29, 1.82) is 0 Å². The van der Waals surface area contributed by atoms with Gasteiger partial charge in [0.15, 0.2) is 0 Å². The summed E-state index contributed by atoms with van der Waals surface area (Å²) in [7, 11) is 0. The molecule has 0 aliphatic rings. The fourth-order valence-electron chi connectivity index (χ4n) is 2.77. The van der Waals surface area contributed by atoms with E-state index in [1.807, 2.05) is 12.1 Å². The standard InChI is InChI=1S/C18H19Br2Cl/c1-13-6-14(2)8-15(7-13)10-18(11-19,12-20)16-4-3-5-17(21)9-16/h3-9H,10-12H2,1-2H3. The van der Waals surface area contributed by atoms with E-state index in [0.29, 0.717) is 0 Å². The summed E-state index contributed by atoms with van der Waals surface area (Å²) in [5, 5.41) is 2.57. The lowest BCUT2D eigenvalue weighted by molar-refractivity contribution is 0.551. The lowest BCUT2D eigenvalue weighted by atomic mass is 9.78. The lowest BCUT2D eigenvalue weighted by Gasteiger charge is -2.31. The van der Waals surface area contributed by atoms with Gasteiger partial charge in [0.1, 0.15) is 0 Å². The molecule has 0 heterocycles. The summed E-state index contributed by atoms with van der Waals surface area (Å²) in [4.78, 5) is 0. The molecule has 0 saturated carbocycles. The summed E-state index contributed by atoms with van der Waals surface area (Å²) in [5.41, 5.74) is 5.27. The zero-order chi connectivity index (χ0) is 15.5. The number of halogens is 3. The molecule has 2 aromatic carbocycles. The average molecular weight is 431 g/mol. The third kappa shape index (κ3) is 4.12. The smallest absolute Gasteiger partial charge is 0.0408 e. The fraction of sp³-hybridized carbons (Fsp3) is 0.333. The third-order valence-electron chi connectivity index (χ3n) is 3.77. The highest BCUT2D eigenvalue weighted by atomic mass is 79.9. The summed E-state index contributed by atoms with van der Waals surface area (Å²) in [6.45, 7) is 4.31. The minimum atomic E-state index is 0.00509. The molecular weight excluding hydrogens is 411 g/mol. The monoisotopic (exact) mass is 428 g/mol. The number of aryl methyl sites for hydroxylation is 2. The topological polar surface area (TPSA) is 0 Å². The molecule has 0 atom stereocenters. The van der Waals surface area contributed by atoms with Gasteiger partial charge >= 0.3 is 0 Å². The van der Waals surface area contributed by atoms with Crippen LogP contribution in [-0.2, 0) is 11.8 Å². The number of rotatable bonds is 5. The highest BCUT2D eigenvalue weighted by molar-refractivity contribution is 9.09. The predicted molar refractivity (Wildman–Crippen MR) is 100 cm³/mol. The Bertz CT molecular complexity index is 598. The molecule has 0 unspecified atom stereocenters. The van der Waals surface area contributed by atoms with Gasteiger partial charge in [-0.2, -0.15) is 0 Å². The van der Waals surface area contributed by atoms with Crippen LogP contribution in [0.5, 0.6) is 0 Å². The lowest BCUT2D eigenvalue weighted by Crippen LogP contribution is -2.33. The first-order valence-electron chi connectivity index (χ1n) is 6.94. The SMILES string of the molecule is Cc1cc(C)cc(CC(CBr)(CBr)c2cccc(Cl)c2)c1. The van der Waals surface area contributed by atoms with Crippen LogP contribution in [0.4, 0.5) is 0 Å². The van der Waals surface area contributed by atoms with Crippen molar-refractivity contribution in [1.82, 2.24) is 0 Å². The molecule has 2 aromatic rings. The second kappa shape index (κ2) is 7.30. The molecule has 0 nitrogen and oxygen atoms in total. The van der Waals surface area contributed by atoms with Crippen LogP contribution in [-0.4, -0.2) is 10.7 Å². The summed E-state index contributed by atoms with van der Waals surface area (Å²) >= 11 is 13.6. The van der Waals surface area contributed by atoms with Crippen molar-refractivity contribution in [2.24, 2.45) is 0 Å². The minimum Gasteiger partial charge on any atom is -0.0918 e. The van der Waals surface area contributed by atoms with Gasteiger partial charge in [0.05, 0.1) is 0 Å². The van der Waals surface area contributed by atoms with Gasteiger partial charge in [-0.15, -0.1) is 0 Å². The van der Waals surface area contributed by atoms with E-state index in [1.54, 1.807) is 0 Å². The molecule has 0 amide bonds. The van der Waals surface area contributed by atoms with Crippen LogP contribution in [0.1, 0.15) is 22.3 Å². The van der Waals surface area contributed by atoms with E-state index in [1.165, 1.54) is 22.3 Å². The van der Waals surface area contributed by atoms with Crippen molar-refractivity contribution >= 4 is 43.5 Å². The maximum atomic E-state index is 6.19. The van der Waals surface area contributed by atoms with Crippen molar-refractivity contribution in [3.8, 4) is 0 Å². The Labute approximate surface area is 149 Å². The first kappa shape index (κ1) is 17.1. The summed E-state index contributed by atoms with van der Waals surface area (Å²) < 4.78 is 0. The first-order valence-corrected chi connectivity index (χ1v) is 9.56. The summed E-state index contributed by atoms with van der Waals surface area (Å²) in [6.07, 6.45) is 0.979. The van der Waals surface area contributed by atoms with Gasteiger partial charge in [-0.3, -0.25) is 0 Å². The van der Waals surface area contributed by atoms with Crippen LogP contribution in [0.25, 0.3) is 0 Å². The average Bonchev–Trinajstić information content (AvgIpc) is 2.44. The molecule has 0 bridgehead atoms. The number of alkyl halides is 2. The van der Waals surface area contributed by atoms with Gasteiger partial charge < -0.3 is 0 Å². The molecule has 112 valence electrons. The molecule has 2 rings (SSSR count). The summed E-state index contributed by atoms with van der Waals surface area (Å²) in [6, 6.07) is 15.0. The van der Waals surface area contributed by atoms with E-state index < -0.39 is 0 Å². The van der Waals surface area contributed by atoms with Crippen LogP contribution < -0.4 is 0 Å². The number of benzene rings is 2. The van der Waals surface area contributed by atoms with E-state index in [0.717, 1.165) is 22.1 Å². The molecule has 0 spiro atoms. The largest absolute Gasteiger partial charge is 0.0918 e. The minimum absolute atomic E-state index is 0.00509. The van der Waals surface area contributed by atoms with Crippen molar-refractivity contribution in [2.75, 3.05) is 10.7 Å². The Balaban J connectivity index is 2.42. The number of hydrogen-bond acceptors (Lipinski definition) is 0. The fourth-order valence-corrected chi connectivity index (χ4v) is 4.93. The highest BCUT2D eigenvalue weighted by Gasteiger charge is 2.30. The molecule has 0 aliphatic heterocycles. The Kier molecular flexibility index (Phi) is 5.93. The molecule has 0 saturated heterocycles. The first-order chi connectivity index (χ1) is 9.99. The summed E-state index contributed by atoms with van der Waals surface area (Å²) in [5.74, 6) is 0. The molecular formula is C18H19Br2Cl. The van der Waals surface area contributed by atoms with Gasteiger partial charge in [-0.25, -0.2) is 0 Å². The van der Waals surface area contributed by atoms with E-state index in [2.05, 4.69) is 76.0 Å². The second-order valence-electron chi connectivity index (χ2n) is 5.73. The molecule has 0 aromatic heterocycles. The zero-order valence-corrected chi connectivity index (χ0v) is 16.2. The second-order valence-corrected chi connectivity index (χ2v) is 7.29. The van der Waals surface area contributed by atoms with Crippen molar-refractivity contribution in [3.05, 3.63) is 69.7 Å². The zero-order valence-electron chi connectivity index (χ0n) is 12.3. The Morgan fingerprint density at radius 3 is 2.10 bits per heavy atom. The molecule has 0 fully saturated rings. The van der Waals surface area contributed by atoms with Crippen LogP contribution in [0.3, 0.4) is 0 Å². The van der Waals surface area contributed by atoms with Crippen LogP contribution in [0, 0.1) is 13.8 Å². The van der Waals surface area contributed by atoms with Gasteiger partial charge in [0, 0.05) is 21.1 Å². The Morgan fingerprint density at radius 2 is 1.57 bits per heavy atom. The van der Waals surface area contributed by atoms with E-state index in [4.69, 9.17) is 11.6 Å². The van der Waals surface area contributed by atoms with E-state index >= 15 is 0 Å². The van der Waals surface area contributed by atoms with Crippen LogP contribution >= 0.6 is 43.5 Å². The normalized spacial score (nSPS) is 11.7. The van der Waals surface area contributed by atoms with Crippen molar-refractivity contribution in [2.45, 2.75) is 25.7 Å². The van der Waals surface area contributed by atoms with E-state index in [-0.39, 0.29) is 5.41 Å². The molecule has 21 heavy (non-hydrogen) atoms. The quantitative estimate of drug-likeness (QED) is 0.494. The maximum absolute atomic E-state index is 6.19. The molecule has 0 radical (unpaired) electrons. The van der Waals surface area contributed by atoms with Gasteiger partial charge in [0.2, 0.25) is 0 Å². The van der Waals surface area contributed by atoms with Gasteiger partial charge in [-0.1, -0.05) is 84.9 Å². The van der Waals surface area contributed by atoms with Crippen LogP contribution in [0.15, 0.2) is 42.5 Å². The van der Waals surface area contributed by atoms with Crippen LogP contribution in [0.2, 0.25) is 5.02 Å². The van der Waals surface area contributed by atoms with Gasteiger partial charge in [0.25, 0.3) is 0 Å². The maximum Gasteiger partial charge on any atom is 0.0408 e. The molecule has 3 heteroatoms. The van der Waals surface area contributed by atoms with Crippen molar-refractivity contribution in [3.63, 3.8) is 0 Å². The number of hydrogen-bond donors (Lipinski definition) is 0. The Morgan fingerprint density at radius 1 is 0.952 bits per heavy atom. The van der Waals surface area contributed by atoms with E-state index in [9.17, 15) is 0 Å². The molecule has 0 aliphatic carbocycles. The Hall–Kier alpha value is -0.310. The predicted octanol–water partition coefficient (Wildman–Crippen LogP) is 6.23. The third-order valence-corrected chi connectivity index (χ3v) is 6.15.